The van der Waals surface area contributed by atoms with E-state index in [9.17, 15) is 0 Å². The highest BCUT2D eigenvalue weighted by atomic mass is 32.1. The average molecular weight is 304 g/mol. The SMILES string of the molecule is Cc1cnc(C(C)NCc2cn[nH]c2-c2cccs2)s1. The van der Waals surface area contributed by atoms with Crippen molar-refractivity contribution in [3.05, 3.63) is 45.4 Å². The van der Waals surface area contributed by atoms with Gasteiger partial charge in [-0.1, -0.05) is 6.07 Å². The third kappa shape index (κ3) is 2.82. The summed E-state index contributed by atoms with van der Waals surface area (Å²) in [6, 6.07) is 4.41. The van der Waals surface area contributed by atoms with Crippen LogP contribution in [0.5, 0.6) is 0 Å². The quantitative estimate of drug-likeness (QED) is 0.754. The lowest BCUT2D eigenvalue weighted by Gasteiger charge is -2.10. The van der Waals surface area contributed by atoms with Crippen LogP contribution < -0.4 is 5.32 Å². The summed E-state index contributed by atoms with van der Waals surface area (Å²) in [5.41, 5.74) is 2.29. The first-order valence-electron chi connectivity index (χ1n) is 6.46. The highest BCUT2D eigenvalue weighted by Crippen LogP contribution is 2.26. The number of aromatic amines is 1. The molecule has 4 nitrogen and oxygen atoms in total. The van der Waals surface area contributed by atoms with E-state index in [1.807, 2.05) is 12.4 Å². The van der Waals surface area contributed by atoms with Gasteiger partial charge in [-0.3, -0.25) is 5.10 Å². The normalized spacial score (nSPS) is 12.7. The fraction of sp³-hybridized carbons (Fsp3) is 0.286. The number of nitrogens with one attached hydrogen (secondary N) is 2. The van der Waals surface area contributed by atoms with Crippen LogP contribution in [0.4, 0.5) is 0 Å². The molecule has 3 heterocycles. The molecule has 0 aliphatic carbocycles. The van der Waals surface area contributed by atoms with E-state index >= 15 is 0 Å². The van der Waals surface area contributed by atoms with Crippen LogP contribution in [-0.4, -0.2) is 15.2 Å². The van der Waals surface area contributed by atoms with Gasteiger partial charge in [-0.2, -0.15) is 5.10 Å². The number of aromatic nitrogens is 3. The van der Waals surface area contributed by atoms with Gasteiger partial charge < -0.3 is 5.32 Å². The smallest absolute Gasteiger partial charge is 0.109 e. The Morgan fingerprint density at radius 1 is 1.40 bits per heavy atom. The Hall–Kier alpha value is -1.50. The molecule has 0 saturated carbocycles. The Balaban J connectivity index is 1.69. The van der Waals surface area contributed by atoms with Crippen molar-refractivity contribution in [3.8, 4) is 10.6 Å². The van der Waals surface area contributed by atoms with Crippen molar-refractivity contribution in [2.45, 2.75) is 26.4 Å². The van der Waals surface area contributed by atoms with Gasteiger partial charge in [0.2, 0.25) is 0 Å². The fourth-order valence-corrected chi connectivity index (χ4v) is 3.56. The summed E-state index contributed by atoms with van der Waals surface area (Å²) >= 11 is 3.46. The van der Waals surface area contributed by atoms with E-state index in [0.717, 1.165) is 17.2 Å². The van der Waals surface area contributed by atoms with E-state index in [1.165, 1.54) is 15.3 Å². The van der Waals surface area contributed by atoms with E-state index in [-0.39, 0.29) is 6.04 Å². The van der Waals surface area contributed by atoms with Crippen molar-refractivity contribution < 1.29 is 0 Å². The largest absolute Gasteiger partial charge is 0.304 e. The number of hydrogen-bond donors (Lipinski definition) is 2. The van der Waals surface area contributed by atoms with Crippen LogP contribution >= 0.6 is 22.7 Å². The predicted molar refractivity (Wildman–Crippen MR) is 84.0 cm³/mol. The average Bonchev–Trinajstić information content (AvgIpc) is 3.16. The molecule has 0 bridgehead atoms. The van der Waals surface area contributed by atoms with Gasteiger partial charge in [0.25, 0.3) is 0 Å². The van der Waals surface area contributed by atoms with Gasteiger partial charge in [0.15, 0.2) is 0 Å². The summed E-state index contributed by atoms with van der Waals surface area (Å²) in [7, 11) is 0. The van der Waals surface area contributed by atoms with Crippen molar-refractivity contribution in [2.75, 3.05) is 0 Å². The Labute approximate surface area is 125 Å². The number of nitrogens with zero attached hydrogens (tertiary/aromatic N) is 2. The molecule has 0 amide bonds. The van der Waals surface area contributed by atoms with E-state index in [0.29, 0.717) is 0 Å². The first kappa shape index (κ1) is 13.5. The molecular weight excluding hydrogens is 288 g/mol. The first-order valence-corrected chi connectivity index (χ1v) is 8.15. The lowest BCUT2D eigenvalue weighted by Crippen LogP contribution is -2.17. The Kier molecular flexibility index (Phi) is 3.95. The molecule has 0 radical (unpaired) electrons. The van der Waals surface area contributed by atoms with Gasteiger partial charge in [0, 0.05) is 23.2 Å². The predicted octanol–water partition coefficient (Wildman–Crippen LogP) is 3.75. The molecule has 0 saturated heterocycles. The molecule has 0 aromatic carbocycles. The van der Waals surface area contributed by atoms with E-state index in [2.05, 4.69) is 51.9 Å². The van der Waals surface area contributed by atoms with E-state index < -0.39 is 0 Å². The molecule has 6 heteroatoms. The van der Waals surface area contributed by atoms with Gasteiger partial charge >= 0.3 is 0 Å². The van der Waals surface area contributed by atoms with Gasteiger partial charge in [-0.05, 0) is 25.3 Å². The van der Waals surface area contributed by atoms with Crippen LogP contribution in [0.15, 0.2) is 29.9 Å². The second-order valence-electron chi connectivity index (χ2n) is 4.66. The van der Waals surface area contributed by atoms with Gasteiger partial charge in [0.1, 0.15) is 5.01 Å². The number of aryl methyl sites for hydroxylation is 1. The molecule has 20 heavy (non-hydrogen) atoms. The Morgan fingerprint density at radius 2 is 2.30 bits per heavy atom. The van der Waals surface area contributed by atoms with Gasteiger partial charge in [0.05, 0.1) is 22.8 Å². The summed E-state index contributed by atoms with van der Waals surface area (Å²) < 4.78 is 0. The Bertz CT molecular complexity index is 669. The molecule has 0 aliphatic heterocycles. The maximum Gasteiger partial charge on any atom is 0.109 e. The van der Waals surface area contributed by atoms with Crippen LogP contribution in [0.2, 0.25) is 0 Å². The summed E-state index contributed by atoms with van der Waals surface area (Å²) in [5, 5.41) is 14.0. The maximum atomic E-state index is 4.42. The van der Waals surface area contributed by atoms with E-state index in [4.69, 9.17) is 0 Å². The Morgan fingerprint density at radius 3 is 3.00 bits per heavy atom. The second kappa shape index (κ2) is 5.87. The molecular formula is C14H16N4S2. The molecule has 2 N–H and O–H groups in total. The third-order valence-corrected chi connectivity index (χ3v) is 5.08. The highest BCUT2D eigenvalue weighted by Gasteiger charge is 2.12. The van der Waals surface area contributed by atoms with Crippen LogP contribution in [0, 0.1) is 6.92 Å². The molecule has 1 atom stereocenters. The molecule has 3 rings (SSSR count). The van der Waals surface area contributed by atoms with E-state index in [1.54, 1.807) is 22.7 Å². The molecule has 3 aromatic rings. The van der Waals surface area contributed by atoms with Crippen molar-refractivity contribution in [2.24, 2.45) is 0 Å². The standard InChI is InChI=1S/C14H16N4S2/c1-9-6-16-14(20-9)10(2)15-7-11-8-17-18-13(11)12-4-3-5-19-12/h3-6,8,10,15H,7H2,1-2H3,(H,17,18). The van der Waals surface area contributed by atoms with Gasteiger partial charge in [-0.25, -0.2) is 4.98 Å². The van der Waals surface area contributed by atoms with Crippen molar-refractivity contribution >= 4 is 22.7 Å². The monoisotopic (exact) mass is 304 g/mol. The maximum absolute atomic E-state index is 4.42. The zero-order chi connectivity index (χ0) is 13.9. The lowest BCUT2D eigenvalue weighted by atomic mass is 10.2. The third-order valence-electron chi connectivity index (χ3n) is 3.09. The number of thiazole rings is 1. The second-order valence-corrected chi connectivity index (χ2v) is 6.87. The van der Waals surface area contributed by atoms with Crippen LogP contribution in [0.3, 0.4) is 0 Å². The van der Waals surface area contributed by atoms with Crippen LogP contribution in [0.1, 0.15) is 28.4 Å². The molecule has 0 spiro atoms. The minimum absolute atomic E-state index is 0.250. The minimum Gasteiger partial charge on any atom is -0.304 e. The van der Waals surface area contributed by atoms with Crippen LogP contribution in [-0.2, 0) is 6.54 Å². The first-order chi connectivity index (χ1) is 9.74. The molecule has 3 aromatic heterocycles. The summed E-state index contributed by atoms with van der Waals surface area (Å²) in [6.07, 6.45) is 3.81. The van der Waals surface area contributed by atoms with Crippen LogP contribution in [0.25, 0.3) is 10.6 Å². The molecule has 104 valence electrons. The highest BCUT2D eigenvalue weighted by molar-refractivity contribution is 7.13. The number of rotatable bonds is 5. The molecule has 0 aliphatic rings. The molecule has 1 unspecified atom stereocenters. The topological polar surface area (TPSA) is 53.6 Å². The molecule has 0 fully saturated rings. The lowest BCUT2D eigenvalue weighted by molar-refractivity contribution is 0.572. The number of H-pyrrole nitrogens is 1. The number of hydrogen-bond acceptors (Lipinski definition) is 5. The van der Waals surface area contributed by atoms with Crippen molar-refractivity contribution in [1.82, 2.24) is 20.5 Å². The van der Waals surface area contributed by atoms with Gasteiger partial charge in [-0.15, -0.1) is 22.7 Å². The van der Waals surface area contributed by atoms with Crippen molar-refractivity contribution in [1.29, 1.82) is 0 Å². The summed E-state index contributed by atoms with van der Waals surface area (Å²) in [5.74, 6) is 0. The summed E-state index contributed by atoms with van der Waals surface area (Å²) in [4.78, 5) is 6.89. The van der Waals surface area contributed by atoms with Crippen molar-refractivity contribution in [3.63, 3.8) is 0 Å². The zero-order valence-electron chi connectivity index (χ0n) is 11.4. The summed E-state index contributed by atoms with van der Waals surface area (Å²) in [6.45, 7) is 5.01. The number of thiophene rings is 1. The fourth-order valence-electron chi connectivity index (χ4n) is 2.00. The zero-order valence-corrected chi connectivity index (χ0v) is 13.0. The minimum atomic E-state index is 0.250.